The molecule has 0 heterocycles. The standard InChI is InChI=1S/C9H16N4O3S/c1-3-5-16-8(11)13(7(10)14)9(15)12-17-6-4-2/h4,11H,2-3,5-6H2,1H3,(H2,10,14)(H,12,15). The quantitative estimate of drug-likeness (QED) is 0.227. The molecule has 0 bridgehead atoms. The monoisotopic (exact) mass is 260 g/mol. The van der Waals surface area contributed by atoms with Gasteiger partial charge in [-0.05, 0) is 18.4 Å². The number of hydrogen-bond donors (Lipinski definition) is 3. The van der Waals surface area contributed by atoms with E-state index in [4.69, 9.17) is 15.9 Å². The summed E-state index contributed by atoms with van der Waals surface area (Å²) in [5.74, 6) is 0.474. The largest absolute Gasteiger partial charge is 0.465 e. The number of ether oxygens (including phenoxy) is 1. The van der Waals surface area contributed by atoms with E-state index in [1.54, 1.807) is 6.08 Å². The number of imide groups is 1. The van der Waals surface area contributed by atoms with Gasteiger partial charge in [0.15, 0.2) is 0 Å². The molecule has 0 aliphatic heterocycles. The minimum absolute atomic E-state index is 0.232. The van der Waals surface area contributed by atoms with Crippen LogP contribution in [0.25, 0.3) is 0 Å². The van der Waals surface area contributed by atoms with Gasteiger partial charge >= 0.3 is 18.1 Å². The van der Waals surface area contributed by atoms with Crippen LogP contribution in [-0.2, 0) is 4.74 Å². The molecule has 7 nitrogen and oxygen atoms in total. The molecule has 4 N–H and O–H groups in total. The van der Waals surface area contributed by atoms with Crippen molar-refractivity contribution in [2.45, 2.75) is 13.3 Å². The molecule has 0 spiro atoms. The van der Waals surface area contributed by atoms with Gasteiger partial charge in [0.1, 0.15) is 0 Å². The van der Waals surface area contributed by atoms with Crippen molar-refractivity contribution >= 4 is 30.0 Å². The fourth-order valence-corrected chi connectivity index (χ4v) is 1.18. The molecule has 0 aliphatic rings. The van der Waals surface area contributed by atoms with E-state index in [9.17, 15) is 9.59 Å². The first-order chi connectivity index (χ1) is 8.04. The molecule has 0 saturated carbocycles. The summed E-state index contributed by atoms with van der Waals surface area (Å²) in [6.07, 6.45) is 2.24. The fourth-order valence-electron chi connectivity index (χ4n) is 0.764. The van der Waals surface area contributed by atoms with Crippen LogP contribution in [0.3, 0.4) is 0 Å². The lowest BCUT2D eigenvalue weighted by atomic mass is 10.5. The van der Waals surface area contributed by atoms with Crippen LogP contribution < -0.4 is 10.5 Å². The maximum absolute atomic E-state index is 11.5. The lowest BCUT2D eigenvalue weighted by molar-refractivity contribution is 0.195. The van der Waals surface area contributed by atoms with Gasteiger partial charge < -0.3 is 10.5 Å². The Morgan fingerprint density at radius 1 is 1.65 bits per heavy atom. The molecule has 0 saturated heterocycles. The molecule has 96 valence electrons. The average molecular weight is 260 g/mol. The van der Waals surface area contributed by atoms with Crippen molar-refractivity contribution in [1.29, 1.82) is 5.41 Å². The topological polar surface area (TPSA) is 109 Å². The summed E-state index contributed by atoms with van der Waals surface area (Å²) < 4.78 is 7.19. The number of amidine groups is 1. The molecular weight excluding hydrogens is 244 g/mol. The normalized spacial score (nSPS) is 9.24. The van der Waals surface area contributed by atoms with Crippen molar-refractivity contribution < 1.29 is 14.3 Å². The molecule has 0 aliphatic carbocycles. The van der Waals surface area contributed by atoms with Gasteiger partial charge in [0.25, 0.3) is 0 Å². The third-order valence-electron chi connectivity index (χ3n) is 1.43. The zero-order valence-corrected chi connectivity index (χ0v) is 10.4. The summed E-state index contributed by atoms with van der Waals surface area (Å²) in [6.45, 7) is 5.54. The van der Waals surface area contributed by atoms with E-state index in [2.05, 4.69) is 11.3 Å². The van der Waals surface area contributed by atoms with Crippen LogP contribution in [0.15, 0.2) is 12.7 Å². The first-order valence-corrected chi connectivity index (χ1v) is 5.86. The Balaban J connectivity index is 4.40. The Bertz CT molecular complexity index is 309. The molecular formula is C9H16N4O3S. The molecule has 8 heteroatoms. The SMILES string of the molecule is C=CCSNC(=O)N(C(=N)OCCC)C(N)=O. The van der Waals surface area contributed by atoms with Crippen LogP contribution in [0.2, 0.25) is 0 Å². The van der Waals surface area contributed by atoms with Gasteiger partial charge in [0.2, 0.25) is 0 Å². The molecule has 0 unspecified atom stereocenters. The van der Waals surface area contributed by atoms with Gasteiger partial charge in [0.05, 0.1) is 6.61 Å². The van der Waals surface area contributed by atoms with Crippen LogP contribution in [0.1, 0.15) is 13.3 Å². The van der Waals surface area contributed by atoms with Crippen LogP contribution in [0.5, 0.6) is 0 Å². The first kappa shape index (κ1) is 15.3. The first-order valence-electron chi connectivity index (χ1n) is 4.88. The third kappa shape index (κ3) is 5.81. The Hall–Kier alpha value is -1.70. The van der Waals surface area contributed by atoms with E-state index in [-0.39, 0.29) is 6.61 Å². The Kier molecular flexibility index (Phi) is 7.61. The van der Waals surface area contributed by atoms with E-state index in [0.29, 0.717) is 17.1 Å². The minimum Gasteiger partial charge on any atom is -0.465 e. The van der Waals surface area contributed by atoms with Gasteiger partial charge in [-0.1, -0.05) is 13.0 Å². The maximum Gasteiger partial charge on any atom is 0.343 e. The highest BCUT2D eigenvalue weighted by Gasteiger charge is 2.25. The zero-order chi connectivity index (χ0) is 13.3. The van der Waals surface area contributed by atoms with Crippen molar-refractivity contribution in [3.8, 4) is 0 Å². The number of primary amides is 1. The second-order valence-electron chi connectivity index (χ2n) is 2.83. The van der Waals surface area contributed by atoms with Crippen molar-refractivity contribution in [3.63, 3.8) is 0 Å². The van der Waals surface area contributed by atoms with Gasteiger partial charge in [-0.15, -0.1) is 6.58 Å². The van der Waals surface area contributed by atoms with E-state index in [1.807, 2.05) is 6.92 Å². The smallest absolute Gasteiger partial charge is 0.343 e. The summed E-state index contributed by atoms with van der Waals surface area (Å²) in [7, 11) is 0. The average Bonchev–Trinajstić information content (AvgIpc) is 2.26. The van der Waals surface area contributed by atoms with E-state index >= 15 is 0 Å². The molecule has 0 aromatic carbocycles. The van der Waals surface area contributed by atoms with Gasteiger partial charge in [-0.3, -0.25) is 10.1 Å². The second-order valence-corrected chi connectivity index (χ2v) is 3.66. The number of rotatable bonds is 5. The summed E-state index contributed by atoms with van der Waals surface area (Å²) in [4.78, 5) is 22.9. The number of urea groups is 2. The number of amides is 4. The highest BCUT2D eigenvalue weighted by Crippen LogP contribution is 2.00. The van der Waals surface area contributed by atoms with E-state index in [1.165, 1.54) is 0 Å². The number of carbonyl (C=O) groups is 2. The van der Waals surface area contributed by atoms with Gasteiger partial charge in [-0.25, -0.2) is 9.59 Å². The van der Waals surface area contributed by atoms with Crippen LogP contribution >= 0.6 is 11.9 Å². The molecule has 0 aromatic heterocycles. The van der Waals surface area contributed by atoms with Gasteiger partial charge in [0, 0.05) is 5.75 Å². The van der Waals surface area contributed by atoms with Crippen LogP contribution in [-0.4, -0.2) is 35.3 Å². The molecule has 0 rings (SSSR count). The fraction of sp³-hybridized carbons (Fsp3) is 0.444. The molecule has 4 amide bonds. The van der Waals surface area contributed by atoms with Crippen LogP contribution in [0.4, 0.5) is 9.59 Å². The molecule has 0 fully saturated rings. The van der Waals surface area contributed by atoms with E-state index in [0.717, 1.165) is 11.9 Å². The zero-order valence-electron chi connectivity index (χ0n) is 9.56. The summed E-state index contributed by atoms with van der Waals surface area (Å²) in [6, 6.07) is -2.47. The Morgan fingerprint density at radius 2 is 2.29 bits per heavy atom. The number of carbonyl (C=O) groups excluding carboxylic acids is 2. The Labute approximate surface area is 104 Å². The number of nitrogens with zero attached hydrogens (tertiary/aromatic N) is 1. The van der Waals surface area contributed by atoms with Crippen molar-refractivity contribution in [2.24, 2.45) is 5.73 Å². The number of nitrogens with two attached hydrogens (primary N) is 1. The molecule has 17 heavy (non-hydrogen) atoms. The highest BCUT2D eigenvalue weighted by atomic mass is 32.2. The molecule has 0 aromatic rings. The third-order valence-corrected chi connectivity index (χ3v) is 2.15. The number of nitrogens with one attached hydrogen (secondary N) is 2. The predicted molar refractivity (Wildman–Crippen MR) is 66.6 cm³/mol. The summed E-state index contributed by atoms with van der Waals surface area (Å²) in [5, 5.41) is 7.40. The summed E-state index contributed by atoms with van der Waals surface area (Å²) in [5.41, 5.74) is 4.99. The molecule has 0 atom stereocenters. The maximum atomic E-state index is 11.5. The van der Waals surface area contributed by atoms with Crippen molar-refractivity contribution in [3.05, 3.63) is 12.7 Å². The Morgan fingerprint density at radius 3 is 2.76 bits per heavy atom. The van der Waals surface area contributed by atoms with Crippen molar-refractivity contribution in [2.75, 3.05) is 12.4 Å². The minimum atomic E-state index is -1.07. The highest BCUT2D eigenvalue weighted by molar-refractivity contribution is 7.98. The van der Waals surface area contributed by atoms with Gasteiger partial charge in [-0.2, -0.15) is 4.90 Å². The predicted octanol–water partition coefficient (Wildman–Crippen LogP) is 1.27. The van der Waals surface area contributed by atoms with Crippen LogP contribution in [0, 0.1) is 5.41 Å². The van der Waals surface area contributed by atoms with Crippen molar-refractivity contribution in [1.82, 2.24) is 9.62 Å². The van der Waals surface area contributed by atoms with E-state index < -0.39 is 18.1 Å². The lowest BCUT2D eigenvalue weighted by Crippen LogP contribution is -2.49. The number of hydrogen-bond acceptors (Lipinski definition) is 5. The summed E-state index contributed by atoms with van der Waals surface area (Å²) >= 11 is 1.03. The molecule has 0 radical (unpaired) electrons. The lowest BCUT2D eigenvalue weighted by Gasteiger charge is -2.18. The second kappa shape index (κ2) is 8.45.